The first-order valence-corrected chi connectivity index (χ1v) is 10.3. The van der Waals surface area contributed by atoms with Gasteiger partial charge in [0.25, 0.3) is 5.91 Å². The van der Waals surface area contributed by atoms with Crippen LogP contribution in [0, 0.1) is 18.3 Å². The number of anilines is 1. The number of nitriles is 1. The maximum Gasteiger partial charge on any atom is 0.262 e. The van der Waals surface area contributed by atoms with Gasteiger partial charge < -0.3 is 19.8 Å². The van der Waals surface area contributed by atoms with Gasteiger partial charge in [0.05, 0.1) is 23.7 Å². The van der Waals surface area contributed by atoms with E-state index in [0.717, 1.165) is 22.2 Å². The second-order valence-corrected chi connectivity index (χ2v) is 7.39. The van der Waals surface area contributed by atoms with Crippen molar-refractivity contribution >= 4 is 34.3 Å². The molecule has 0 bridgehead atoms. The van der Waals surface area contributed by atoms with E-state index in [1.54, 1.807) is 24.3 Å². The number of aryl methyl sites for hydroxylation is 1. The number of carbonyl (C=O) groups excluding carboxylic acids is 1. The molecule has 0 saturated carbocycles. The van der Waals surface area contributed by atoms with Gasteiger partial charge in [-0.15, -0.1) is 0 Å². The Kier molecular flexibility index (Phi) is 6.37. The largest absolute Gasteiger partial charge is 0.493 e. The molecule has 0 aliphatic carbocycles. The highest BCUT2D eigenvalue weighted by molar-refractivity contribution is 5.92. The highest BCUT2D eigenvalue weighted by Gasteiger charge is 2.11. The summed E-state index contributed by atoms with van der Waals surface area (Å²) in [4.78, 5) is 19.9. The van der Waals surface area contributed by atoms with Crippen LogP contribution in [0.15, 0.2) is 66.7 Å². The second-order valence-electron chi connectivity index (χ2n) is 7.39. The number of hydrogen-bond acceptors (Lipinski definition) is 5. The van der Waals surface area contributed by atoms with Crippen LogP contribution in [0.5, 0.6) is 11.5 Å². The number of rotatable bonds is 7. The maximum atomic E-state index is 12.2. The number of methoxy groups -OCH3 is 1. The predicted octanol–water partition coefficient (Wildman–Crippen LogP) is 4.96. The highest BCUT2D eigenvalue weighted by Crippen LogP contribution is 2.30. The molecular weight excluding hydrogens is 416 g/mol. The van der Waals surface area contributed by atoms with Gasteiger partial charge in [0.2, 0.25) is 0 Å². The zero-order valence-corrected chi connectivity index (χ0v) is 18.3. The molecule has 0 fully saturated rings. The number of allylic oxidation sites excluding steroid dienone is 1. The van der Waals surface area contributed by atoms with E-state index < -0.39 is 0 Å². The lowest BCUT2D eigenvalue weighted by molar-refractivity contribution is -0.118. The molecule has 4 rings (SSSR count). The van der Waals surface area contributed by atoms with E-state index in [4.69, 9.17) is 9.47 Å². The van der Waals surface area contributed by atoms with Crippen molar-refractivity contribution in [2.75, 3.05) is 19.0 Å². The van der Waals surface area contributed by atoms with Gasteiger partial charge >= 0.3 is 0 Å². The van der Waals surface area contributed by atoms with Gasteiger partial charge in [-0.3, -0.25) is 4.79 Å². The molecule has 3 aromatic carbocycles. The molecule has 0 aliphatic rings. The zero-order valence-electron chi connectivity index (χ0n) is 18.3. The van der Waals surface area contributed by atoms with Crippen LogP contribution in [-0.2, 0) is 4.79 Å². The lowest BCUT2D eigenvalue weighted by Crippen LogP contribution is -2.20. The van der Waals surface area contributed by atoms with Crippen LogP contribution in [0.1, 0.15) is 17.0 Å². The van der Waals surface area contributed by atoms with E-state index >= 15 is 0 Å². The number of H-pyrrole nitrogens is 1. The van der Waals surface area contributed by atoms with Crippen LogP contribution < -0.4 is 14.8 Å². The molecule has 1 amide bonds. The molecule has 0 radical (unpaired) electrons. The Morgan fingerprint density at radius 3 is 2.64 bits per heavy atom. The Balaban J connectivity index is 1.48. The van der Waals surface area contributed by atoms with Crippen molar-refractivity contribution in [3.8, 4) is 17.6 Å². The fourth-order valence-corrected chi connectivity index (χ4v) is 3.27. The molecule has 1 aromatic heterocycles. The standard InChI is InChI=1S/C26H22N4O3/c1-17-7-10-20(11-8-17)28-25(31)16-33-23-12-9-18(14-24(23)32-2)13-19(15-27)26-29-21-5-3-4-6-22(21)30-26/h3-14H,16H2,1-2H3,(H,28,31)(H,29,30)/b19-13-. The second kappa shape index (κ2) is 9.71. The molecule has 164 valence electrons. The molecule has 0 aliphatic heterocycles. The summed E-state index contributed by atoms with van der Waals surface area (Å²) in [5.41, 5.74) is 4.59. The van der Waals surface area contributed by atoms with Crippen LogP contribution in [0.4, 0.5) is 5.69 Å². The molecule has 0 unspecified atom stereocenters. The average molecular weight is 438 g/mol. The van der Waals surface area contributed by atoms with Gasteiger partial charge in [-0.25, -0.2) is 4.98 Å². The van der Waals surface area contributed by atoms with E-state index in [-0.39, 0.29) is 12.5 Å². The summed E-state index contributed by atoms with van der Waals surface area (Å²) in [5.74, 6) is 1.09. The van der Waals surface area contributed by atoms with E-state index in [9.17, 15) is 10.1 Å². The number of nitrogens with one attached hydrogen (secondary N) is 2. The van der Waals surface area contributed by atoms with Crippen LogP contribution in [0.25, 0.3) is 22.7 Å². The average Bonchev–Trinajstić information content (AvgIpc) is 3.27. The summed E-state index contributed by atoms with van der Waals surface area (Å²) >= 11 is 0. The van der Waals surface area contributed by atoms with E-state index in [1.165, 1.54) is 7.11 Å². The third-order valence-corrected chi connectivity index (χ3v) is 4.96. The molecule has 1 heterocycles. The van der Waals surface area contributed by atoms with E-state index in [0.29, 0.717) is 28.6 Å². The summed E-state index contributed by atoms with van der Waals surface area (Å²) in [5, 5.41) is 12.4. The lowest BCUT2D eigenvalue weighted by atomic mass is 10.1. The van der Waals surface area contributed by atoms with Crippen LogP contribution >= 0.6 is 0 Å². The summed E-state index contributed by atoms with van der Waals surface area (Å²) in [6.45, 7) is 1.82. The minimum atomic E-state index is -0.276. The maximum absolute atomic E-state index is 12.2. The fraction of sp³-hybridized carbons (Fsp3) is 0.115. The van der Waals surface area contributed by atoms with Gasteiger partial charge in [0, 0.05) is 5.69 Å². The minimum absolute atomic E-state index is 0.165. The molecule has 4 aromatic rings. The molecule has 0 atom stereocenters. The van der Waals surface area contributed by atoms with Crippen molar-refractivity contribution < 1.29 is 14.3 Å². The Morgan fingerprint density at radius 1 is 1.12 bits per heavy atom. The van der Waals surface area contributed by atoms with Crippen molar-refractivity contribution in [1.82, 2.24) is 9.97 Å². The number of benzene rings is 3. The molecular formula is C26H22N4O3. The first-order chi connectivity index (χ1) is 16.1. The first kappa shape index (κ1) is 21.7. The fourth-order valence-electron chi connectivity index (χ4n) is 3.27. The summed E-state index contributed by atoms with van der Waals surface area (Å²) in [7, 11) is 1.52. The van der Waals surface area contributed by atoms with E-state index in [1.807, 2.05) is 55.5 Å². The summed E-state index contributed by atoms with van der Waals surface area (Å²) in [6, 6.07) is 22.5. The quantitative estimate of drug-likeness (QED) is 0.397. The lowest BCUT2D eigenvalue weighted by Gasteiger charge is -2.12. The number of fused-ring (bicyclic) bond motifs is 1. The normalized spacial score (nSPS) is 11.1. The Labute approximate surface area is 191 Å². The number of nitrogens with zero attached hydrogens (tertiary/aromatic N) is 2. The van der Waals surface area contributed by atoms with Crippen LogP contribution in [0.3, 0.4) is 0 Å². The Bertz CT molecular complexity index is 1330. The highest BCUT2D eigenvalue weighted by atomic mass is 16.5. The number of aromatic nitrogens is 2. The van der Waals surface area contributed by atoms with Gasteiger partial charge in [-0.05, 0) is 55.0 Å². The van der Waals surface area contributed by atoms with Gasteiger partial charge in [0.15, 0.2) is 18.1 Å². The molecule has 0 spiro atoms. The zero-order chi connectivity index (χ0) is 23.2. The van der Waals surface area contributed by atoms with Crippen molar-refractivity contribution in [3.05, 3.63) is 83.7 Å². The van der Waals surface area contributed by atoms with Gasteiger partial charge in [-0.1, -0.05) is 35.9 Å². The third kappa shape index (κ3) is 5.20. The first-order valence-electron chi connectivity index (χ1n) is 10.3. The number of aromatic amines is 1. The number of para-hydroxylation sites is 2. The number of carbonyl (C=O) groups is 1. The molecule has 0 saturated heterocycles. The minimum Gasteiger partial charge on any atom is -0.493 e. The van der Waals surface area contributed by atoms with Gasteiger partial charge in [-0.2, -0.15) is 5.26 Å². The van der Waals surface area contributed by atoms with Crippen molar-refractivity contribution in [2.45, 2.75) is 6.92 Å². The third-order valence-electron chi connectivity index (χ3n) is 4.96. The number of imidazole rings is 1. The molecule has 7 nitrogen and oxygen atoms in total. The van der Waals surface area contributed by atoms with Crippen LogP contribution in [-0.4, -0.2) is 29.6 Å². The number of hydrogen-bond donors (Lipinski definition) is 2. The van der Waals surface area contributed by atoms with Gasteiger partial charge in [0.1, 0.15) is 11.9 Å². The monoisotopic (exact) mass is 438 g/mol. The summed E-state index contributed by atoms with van der Waals surface area (Å²) in [6.07, 6.45) is 1.72. The van der Waals surface area contributed by atoms with Crippen LogP contribution in [0.2, 0.25) is 0 Å². The molecule has 7 heteroatoms. The number of ether oxygens (including phenoxy) is 2. The Hall–Kier alpha value is -4.57. The molecule has 33 heavy (non-hydrogen) atoms. The summed E-state index contributed by atoms with van der Waals surface area (Å²) < 4.78 is 11.1. The molecule has 2 N–H and O–H groups in total. The Morgan fingerprint density at radius 2 is 1.91 bits per heavy atom. The van der Waals surface area contributed by atoms with Crippen molar-refractivity contribution in [1.29, 1.82) is 5.26 Å². The topological polar surface area (TPSA) is 100 Å². The van der Waals surface area contributed by atoms with Crippen molar-refractivity contribution in [3.63, 3.8) is 0 Å². The number of amides is 1. The predicted molar refractivity (Wildman–Crippen MR) is 128 cm³/mol. The smallest absolute Gasteiger partial charge is 0.262 e. The van der Waals surface area contributed by atoms with Crippen molar-refractivity contribution in [2.24, 2.45) is 0 Å². The SMILES string of the molecule is COc1cc(/C=C(/C#N)c2nc3ccccc3[nH]2)ccc1OCC(=O)Nc1ccc(C)cc1. The van der Waals surface area contributed by atoms with E-state index in [2.05, 4.69) is 21.4 Å².